The summed E-state index contributed by atoms with van der Waals surface area (Å²) >= 11 is 0. The van der Waals surface area contributed by atoms with Crippen molar-refractivity contribution in [1.82, 2.24) is 4.90 Å². The summed E-state index contributed by atoms with van der Waals surface area (Å²) in [7, 11) is 5.87. The van der Waals surface area contributed by atoms with Crippen molar-refractivity contribution in [3.05, 3.63) is 29.8 Å². The summed E-state index contributed by atoms with van der Waals surface area (Å²) in [5.41, 5.74) is 7.09. The highest BCUT2D eigenvalue weighted by Gasteiger charge is 2.33. The second-order valence-corrected chi connectivity index (χ2v) is 5.30. The minimum atomic E-state index is -0.00185. The van der Waals surface area contributed by atoms with E-state index in [1.54, 1.807) is 7.11 Å². The van der Waals surface area contributed by atoms with Gasteiger partial charge in [0.05, 0.1) is 7.11 Å². The molecule has 0 aliphatic heterocycles. The molecule has 1 rings (SSSR count). The minimum absolute atomic E-state index is 0.00185. The van der Waals surface area contributed by atoms with Crippen LogP contribution in [-0.4, -0.2) is 32.6 Å². The Morgan fingerprint density at radius 2 is 1.88 bits per heavy atom. The van der Waals surface area contributed by atoms with Gasteiger partial charge in [0, 0.05) is 11.6 Å². The van der Waals surface area contributed by atoms with E-state index in [2.05, 4.69) is 38.9 Å². The van der Waals surface area contributed by atoms with Crippen LogP contribution in [0.2, 0.25) is 0 Å². The van der Waals surface area contributed by atoms with E-state index in [1.807, 2.05) is 18.2 Å². The first kappa shape index (κ1) is 14.0. The first-order valence-corrected chi connectivity index (χ1v) is 5.93. The highest BCUT2D eigenvalue weighted by Crippen LogP contribution is 2.40. The third-order valence-electron chi connectivity index (χ3n) is 3.22. The maximum Gasteiger partial charge on any atom is 0.123 e. The van der Waals surface area contributed by atoms with Crippen molar-refractivity contribution >= 4 is 0 Å². The first-order valence-electron chi connectivity index (χ1n) is 5.93. The fraction of sp³-hybridized carbons (Fsp3) is 0.571. The fourth-order valence-electron chi connectivity index (χ4n) is 2.40. The van der Waals surface area contributed by atoms with Crippen LogP contribution in [0.4, 0.5) is 0 Å². The molecule has 0 heterocycles. The van der Waals surface area contributed by atoms with Gasteiger partial charge in [0.25, 0.3) is 0 Å². The van der Waals surface area contributed by atoms with E-state index < -0.39 is 0 Å². The molecule has 0 spiro atoms. The molecule has 0 radical (unpaired) electrons. The van der Waals surface area contributed by atoms with Crippen LogP contribution in [0, 0.1) is 5.41 Å². The number of hydrogen-bond donors (Lipinski definition) is 1. The average molecular weight is 236 g/mol. The van der Waals surface area contributed by atoms with Crippen molar-refractivity contribution in [1.29, 1.82) is 0 Å². The Bertz CT molecular complexity index is 361. The summed E-state index contributed by atoms with van der Waals surface area (Å²) in [5.74, 6) is 0.924. The maximum absolute atomic E-state index is 5.91. The van der Waals surface area contributed by atoms with E-state index in [4.69, 9.17) is 10.5 Å². The summed E-state index contributed by atoms with van der Waals surface area (Å²) < 4.78 is 5.45. The molecular weight excluding hydrogens is 212 g/mol. The zero-order chi connectivity index (χ0) is 13.1. The van der Waals surface area contributed by atoms with Crippen molar-refractivity contribution in [2.24, 2.45) is 11.1 Å². The van der Waals surface area contributed by atoms with Gasteiger partial charge in [-0.1, -0.05) is 32.0 Å². The monoisotopic (exact) mass is 236 g/mol. The van der Waals surface area contributed by atoms with E-state index in [-0.39, 0.29) is 11.5 Å². The lowest BCUT2D eigenvalue weighted by molar-refractivity contribution is 0.140. The number of methoxy groups -OCH3 is 1. The molecular formula is C14H24N2O. The number of benzene rings is 1. The van der Waals surface area contributed by atoms with Crippen LogP contribution in [0.3, 0.4) is 0 Å². The van der Waals surface area contributed by atoms with Crippen LogP contribution in [0.25, 0.3) is 0 Å². The Kier molecular flexibility index (Phi) is 4.54. The molecule has 0 fully saturated rings. The average Bonchev–Trinajstić information content (AvgIpc) is 2.29. The minimum Gasteiger partial charge on any atom is -0.496 e. The largest absolute Gasteiger partial charge is 0.496 e. The first-order chi connectivity index (χ1) is 7.94. The van der Waals surface area contributed by atoms with Gasteiger partial charge >= 0.3 is 0 Å². The highest BCUT2D eigenvalue weighted by molar-refractivity contribution is 5.37. The molecule has 0 saturated heterocycles. The molecule has 96 valence electrons. The van der Waals surface area contributed by atoms with Crippen LogP contribution in [0.5, 0.6) is 5.75 Å². The van der Waals surface area contributed by atoms with Gasteiger partial charge in [-0.25, -0.2) is 0 Å². The van der Waals surface area contributed by atoms with E-state index in [0.29, 0.717) is 6.54 Å². The van der Waals surface area contributed by atoms with Crippen molar-refractivity contribution in [3.8, 4) is 5.75 Å². The maximum atomic E-state index is 5.91. The molecule has 1 aromatic carbocycles. The van der Waals surface area contributed by atoms with E-state index >= 15 is 0 Å². The summed E-state index contributed by atoms with van der Waals surface area (Å²) in [4.78, 5) is 2.20. The van der Waals surface area contributed by atoms with Gasteiger partial charge in [-0.3, -0.25) is 0 Å². The van der Waals surface area contributed by atoms with Crippen molar-refractivity contribution < 1.29 is 4.74 Å². The van der Waals surface area contributed by atoms with Crippen molar-refractivity contribution in [3.63, 3.8) is 0 Å². The summed E-state index contributed by atoms with van der Waals surface area (Å²) in [6, 6.07) is 8.38. The van der Waals surface area contributed by atoms with Crippen LogP contribution in [0.1, 0.15) is 25.5 Å². The lowest BCUT2D eigenvalue weighted by Crippen LogP contribution is -2.38. The number of rotatable bonds is 5. The smallest absolute Gasteiger partial charge is 0.123 e. The topological polar surface area (TPSA) is 38.5 Å². The molecule has 0 saturated carbocycles. The fourth-order valence-corrected chi connectivity index (χ4v) is 2.40. The number of para-hydroxylation sites is 1. The molecule has 3 nitrogen and oxygen atoms in total. The zero-order valence-electron chi connectivity index (χ0n) is 11.5. The van der Waals surface area contributed by atoms with E-state index in [1.165, 1.54) is 5.56 Å². The Morgan fingerprint density at radius 1 is 1.29 bits per heavy atom. The normalized spacial score (nSPS) is 13.8. The standard InChI is InChI=1S/C14H24N2O/c1-14(2,10-15)13(16(3)4)11-8-6-7-9-12(11)17-5/h6-9,13H,10,15H2,1-5H3. The number of hydrogen-bond acceptors (Lipinski definition) is 3. The zero-order valence-corrected chi connectivity index (χ0v) is 11.5. The molecule has 3 heteroatoms. The van der Waals surface area contributed by atoms with Gasteiger partial charge in [0.15, 0.2) is 0 Å². The van der Waals surface area contributed by atoms with Crippen LogP contribution in [-0.2, 0) is 0 Å². The van der Waals surface area contributed by atoms with Gasteiger partial charge < -0.3 is 15.4 Å². The van der Waals surface area contributed by atoms with E-state index in [0.717, 1.165) is 5.75 Å². The lowest BCUT2D eigenvalue weighted by Gasteiger charge is -2.39. The molecule has 1 unspecified atom stereocenters. The number of nitrogens with zero attached hydrogens (tertiary/aromatic N) is 1. The molecule has 0 aliphatic rings. The van der Waals surface area contributed by atoms with Crippen LogP contribution in [0.15, 0.2) is 24.3 Å². The SMILES string of the molecule is COc1ccccc1C(N(C)C)C(C)(C)CN. The Balaban J connectivity index is 3.23. The van der Waals surface area contributed by atoms with Gasteiger partial charge in [-0.05, 0) is 32.1 Å². The van der Waals surface area contributed by atoms with Gasteiger partial charge in [-0.2, -0.15) is 0 Å². The molecule has 0 bridgehead atoms. The lowest BCUT2D eigenvalue weighted by atomic mass is 9.79. The Hall–Kier alpha value is -1.06. The summed E-state index contributed by atoms with van der Waals surface area (Å²) in [6.07, 6.45) is 0. The van der Waals surface area contributed by atoms with Gasteiger partial charge in [0.1, 0.15) is 5.75 Å². The van der Waals surface area contributed by atoms with Crippen LogP contribution < -0.4 is 10.5 Å². The van der Waals surface area contributed by atoms with Gasteiger partial charge in [-0.15, -0.1) is 0 Å². The second kappa shape index (κ2) is 5.52. The predicted octanol–water partition coefficient (Wildman–Crippen LogP) is 2.28. The molecule has 0 aliphatic carbocycles. The molecule has 1 atom stereocenters. The number of nitrogens with two attached hydrogens (primary N) is 1. The third kappa shape index (κ3) is 2.99. The Labute approximate surface area is 105 Å². The third-order valence-corrected chi connectivity index (χ3v) is 3.22. The molecule has 2 N–H and O–H groups in total. The number of ether oxygens (including phenoxy) is 1. The summed E-state index contributed by atoms with van der Waals surface area (Å²) in [6.45, 7) is 5.00. The predicted molar refractivity (Wildman–Crippen MR) is 72.3 cm³/mol. The molecule has 0 amide bonds. The quantitative estimate of drug-likeness (QED) is 0.852. The van der Waals surface area contributed by atoms with Crippen LogP contribution >= 0.6 is 0 Å². The molecule has 1 aromatic rings. The van der Waals surface area contributed by atoms with E-state index in [9.17, 15) is 0 Å². The van der Waals surface area contributed by atoms with Gasteiger partial charge in [0.2, 0.25) is 0 Å². The second-order valence-electron chi connectivity index (χ2n) is 5.30. The molecule has 0 aromatic heterocycles. The van der Waals surface area contributed by atoms with Crippen molar-refractivity contribution in [2.75, 3.05) is 27.7 Å². The Morgan fingerprint density at radius 3 is 2.35 bits per heavy atom. The van der Waals surface area contributed by atoms with Crippen molar-refractivity contribution in [2.45, 2.75) is 19.9 Å². The summed E-state index contributed by atoms with van der Waals surface area (Å²) in [5, 5.41) is 0. The molecule has 17 heavy (non-hydrogen) atoms. The highest BCUT2D eigenvalue weighted by atomic mass is 16.5.